The summed E-state index contributed by atoms with van der Waals surface area (Å²) in [5.74, 6) is 0.672. The van der Waals surface area contributed by atoms with E-state index < -0.39 is 0 Å². The molecule has 1 aromatic carbocycles. The van der Waals surface area contributed by atoms with Crippen LogP contribution in [0.5, 0.6) is 5.88 Å². The van der Waals surface area contributed by atoms with Crippen LogP contribution in [0.3, 0.4) is 0 Å². The summed E-state index contributed by atoms with van der Waals surface area (Å²) >= 11 is 0. The number of aryl methyl sites for hydroxylation is 1. The van der Waals surface area contributed by atoms with E-state index in [9.17, 15) is 9.59 Å². The van der Waals surface area contributed by atoms with Gasteiger partial charge in [0.25, 0.3) is 11.8 Å². The van der Waals surface area contributed by atoms with Crippen LogP contribution in [0.15, 0.2) is 53.6 Å². The van der Waals surface area contributed by atoms with Crippen molar-refractivity contribution in [1.82, 2.24) is 15.4 Å². The second-order valence-corrected chi connectivity index (χ2v) is 7.01. The fraction of sp³-hybridized carbons (Fsp3) is 0.381. The van der Waals surface area contributed by atoms with Crippen molar-refractivity contribution in [2.75, 3.05) is 26.2 Å². The number of benzene rings is 1. The summed E-state index contributed by atoms with van der Waals surface area (Å²) < 4.78 is 10.3. The number of nitrogens with zero attached hydrogens (tertiary/aromatic N) is 2. The van der Waals surface area contributed by atoms with Gasteiger partial charge >= 0.3 is 0 Å². The van der Waals surface area contributed by atoms with Crippen LogP contribution in [-0.2, 0) is 15.0 Å². The average molecular weight is 383 g/mol. The molecule has 7 heteroatoms. The summed E-state index contributed by atoms with van der Waals surface area (Å²) in [5.41, 5.74) is 0.960. The molecule has 0 spiro atoms. The Morgan fingerprint density at radius 2 is 2.04 bits per heavy atom. The molecule has 0 saturated carbocycles. The summed E-state index contributed by atoms with van der Waals surface area (Å²) in [4.78, 5) is 26.0. The molecule has 2 amide bonds. The Hall–Kier alpha value is -3.09. The van der Waals surface area contributed by atoms with Gasteiger partial charge in [-0.1, -0.05) is 36.9 Å². The van der Waals surface area contributed by atoms with E-state index in [2.05, 4.69) is 29.2 Å². The van der Waals surface area contributed by atoms with E-state index in [1.54, 1.807) is 17.9 Å². The third-order valence-electron chi connectivity index (χ3n) is 5.20. The van der Waals surface area contributed by atoms with Gasteiger partial charge in [-0.2, -0.15) is 0 Å². The average Bonchev–Trinajstić information content (AvgIpc) is 3.16. The van der Waals surface area contributed by atoms with Crippen molar-refractivity contribution < 1.29 is 18.8 Å². The van der Waals surface area contributed by atoms with E-state index in [0.717, 1.165) is 12.8 Å². The lowest BCUT2D eigenvalue weighted by molar-refractivity contribution is -0.135. The van der Waals surface area contributed by atoms with Gasteiger partial charge in [-0.05, 0) is 36.6 Å². The van der Waals surface area contributed by atoms with Crippen molar-refractivity contribution in [3.05, 3.63) is 60.4 Å². The normalized spacial score (nSPS) is 15.7. The number of aromatic nitrogens is 1. The van der Waals surface area contributed by atoms with Crippen LogP contribution in [0, 0.1) is 6.92 Å². The second kappa shape index (κ2) is 8.73. The van der Waals surface area contributed by atoms with Crippen molar-refractivity contribution in [3.63, 3.8) is 0 Å². The smallest absolute Gasteiger partial charge is 0.260 e. The molecule has 0 aliphatic carbocycles. The lowest BCUT2D eigenvalue weighted by atomic mass is 9.72. The maximum atomic E-state index is 12.5. The summed E-state index contributed by atoms with van der Waals surface area (Å²) in [6.45, 7) is 6.91. The predicted molar refractivity (Wildman–Crippen MR) is 104 cm³/mol. The number of carbonyl (C=O) groups is 2. The molecule has 3 rings (SSSR count). The van der Waals surface area contributed by atoms with Crippen LogP contribution in [-0.4, -0.2) is 48.1 Å². The van der Waals surface area contributed by atoms with Crippen molar-refractivity contribution >= 4 is 11.8 Å². The predicted octanol–water partition coefficient (Wildman–Crippen LogP) is 2.22. The van der Waals surface area contributed by atoms with Gasteiger partial charge in [-0.15, -0.1) is 0 Å². The number of nitrogens with one attached hydrogen (secondary N) is 1. The number of likely N-dealkylation sites (tertiary alicyclic amines) is 1. The minimum Gasteiger partial charge on any atom is -0.465 e. The zero-order valence-electron chi connectivity index (χ0n) is 16.0. The number of ether oxygens (including phenoxy) is 1. The summed E-state index contributed by atoms with van der Waals surface area (Å²) in [7, 11) is 0. The standard InChI is InChI=1S/C21H25N3O4/c1-3-18(25)22-15-21(17-7-5-4-6-8-17)9-11-24(12-10-21)20(26)14-27-19-13-16(2)28-23-19/h3-8,13H,1,9-12,14-15H2,2H3,(H,22,25). The molecule has 2 heterocycles. The highest BCUT2D eigenvalue weighted by atomic mass is 16.5. The van der Waals surface area contributed by atoms with Crippen molar-refractivity contribution in [2.24, 2.45) is 0 Å². The SMILES string of the molecule is C=CC(=O)NCC1(c2ccccc2)CCN(C(=O)COc2cc(C)on2)CC1. The van der Waals surface area contributed by atoms with Crippen molar-refractivity contribution in [2.45, 2.75) is 25.2 Å². The summed E-state index contributed by atoms with van der Waals surface area (Å²) in [5, 5.41) is 6.66. The molecule has 0 unspecified atom stereocenters. The molecule has 1 aliphatic heterocycles. The van der Waals surface area contributed by atoms with Gasteiger partial charge in [0.1, 0.15) is 5.76 Å². The van der Waals surface area contributed by atoms with Crippen LogP contribution < -0.4 is 10.1 Å². The lowest BCUT2D eigenvalue weighted by Crippen LogP contribution is -2.51. The van der Waals surface area contributed by atoms with Gasteiger partial charge in [0.2, 0.25) is 5.91 Å². The maximum Gasteiger partial charge on any atom is 0.260 e. The molecule has 1 N–H and O–H groups in total. The van der Waals surface area contributed by atoms with Crippen molar-refractivity contribution in [1.29, 1.82) is 0 Å². The van der Waals surface area contributed by atoms with Crippen LogP contribution >= 0.6 is 0 Å². The first-order chi connectivity index (χ1) is 13.5. The number of rotatable bonds is 7. The van der Waals surface area contributed by atoms with Gasteiger partial charge in [-0.3, -0.25) is 9.59 Å². The Labute approximate surface area is 164 Å². The Morgan fingerprint density at radius 3 is 2.64 bits per heavy atom. The number of hydrogen-bond donors (Lipinski definition) is 1. The summed E-state index contributed by atoms with van der Waals surface area (Å²) in [6.07, 6.45) is 2.78. The molecule has 0 atom stereocenters. The van der Waals surface area contributed by atoms with Gasteiger partial charge in [0, 0.05) is 31.1 Å². The number of amides is 2. The first-order valence-electron chi connectivity index (χ1n) is 9.32. The molecule has 0 bridgehead atoms. The minimum atomic E-state index is -0.208. The molecule has 1 saturated heterocycles. The Balaban J connectivity index is 1.62. The van der Waals surface area contributed by atoms with E-state index in [1.165, 1.54) is 11.6 Å². The van der Waals surface area contributed by atoms with Gasteiger partial charge in [0.15, 0.2) is 6.61 Å². The van der Waals surface area contributed by atoms with Crippen molar-refractivity contribution in [3.8, 4) is 5.88 Å². The Kier molecular flexibility index (Phi) is 6.13. The quantitative estimate of drug-likeness (QED) is 0.741. The molecular formula is C21H25N3O4. The Morgan fingerprint density at radius 1 is 1.32 bits per heavy atom. The number of hydrogen-bond acceptors (Lipinski definition) is 5. The summed E-state index contributed by atoms with van der Waals surface area (Å²) in [6, 6.07) is 11.8. The lowest BCUT2D eigenvalue weighted by Gasteiger charge is -2.42. The zero-order valence-corrected chi connectivity index (χ0v) is 16.0. The highest BCUT2D eigenvalue weighted by molar-refractivity contribution is 5.86. The third-order valence-corrected chi connectivity index (χ3v) is 5.20. The Bertz CT molecular complexity index is 823. The zero-order chi connectivity index (χ0) is 20.0. The molecule has 1 aliphatic rings. The maximum absolute atomic E-state index is 12.5. The highest BCUT2D eigenvalue weighted by Crippen LogP contribution is 2.35. The fourth-order valence-electron chi connectivity index (χ4n) is 3.51. The fourth-order valence-corrected chi connectivity index (χ4v) is 3.51. The number of piperidine rings is 1. The van der Waals surface area contributed by atoms with E-state index in [-0.39, 0.29) is 23.8 Å². The largest absolute Gasteiger partial charge is 0.465 e. The highest BCUT2D eigenvalue weighted by Gasteiger charge is 2.37. The molecule has 7 nitrogen and oxygen atoms in total. The third kappa shape index (κ3) is 4.60. The first kappa shape index (κ1) is 19.7. The second-order valence-electron chi connectivity index (χ2n) is 7.01. The van der Waals surface area contributed by atoms with Crippen LogP contribution in [0.1, 0.15) is 24.2 Å². The molecule has 2 aromatic rings. The molecular weight excluding hydrogens is 358 g/mol. The topological polar surface area (TPSA) is 84.7 Å². The molecule has 0 radical (unpaired) electrons. The first-order valence-corrected chi connectivity index (χ1v) is 9.32. The van der Waals surface area contributed by atoms with Crippen LogP contribution in [0.4, 0.5) is 0 Å². The molecule has 148 valence electrons. The van der Waals surface area contributed by atoms with Gasteiger partial charge in [0.05, 0.1) is 0 Å². The van der Waals surface area contributed by atoms with Crippen LogP contribution in [0.25, 0.3) is 0 Å². The molecule has 1 aromatic heterocycles. The van der Waals surface area contributed by atoms with Gasteiger partial charge in [-0.25, -0.2) is 0 Å². The minimum absolute atomic E-state index is 0.0719. The van der Waals surface area contributed by atoms with E-state index >= 15 is 0 Å². The molecule has 28 heavy (non-hydrogen) atoms. The van der Waals surface area contributed by atoms with E-state index in [4.69, 9.17) is 9.26 Å². The van der Waals surface area contributed by atoms with Gasteiger partial charge < -0.3 is 19.5 Å². The number of carbonyl (C=O) groups excluding carboxylic acids is 2. The van der Waals surface area contributed by atoms with E-state index in [1.807, 2.05) is 18.2 Å². The van der Waals surface area contributed by atoms with Crippen LogP contribution in [0.2, 0.25) is 0 Å². The molecule has 1 fully saturated rings. The monoisotopic (exact) mass is 383 g/mol. The van der Waals surface area contributed by atoms with E-state index in [0.29, 0.717) is 31.3 Å².